The number of nitrogen functional groups attached to an aromatic ring is 1. The zero-order valence-corrected chi connectivity index (χ0v) is 11.7. The largest absolute Gasteiger partial charge is 0.489 e. The predicted octanol–water partition coefficient (Wildman–Crippen LogP) is 2.68. The minimum absolute atomic E-state index is 0.356. The van der Waals surface area contributed by atoms with Gasteiger partial charge in [-0.05, 0) is 47.9 Å². The van der Waals surface area contributed by atoms with Gasteiger partial charge < -0.3 is 16.2 Å². The van der Waals surface area contributed by atoms with Crippen molar-refractivity contribution in [2.75, 3.05) is 5.73 Å². The van der Waals surface area contributed by atoms with Gasteiger partial charge in [0.15, 0.2) is 0 Å². The van der Waals surface area contributed by atoms with E-state index in [2.05, 4.69) is 6.58 Å². The molecular formula is C17H18N2O2. The number of primary amides is 1. The Morgan fingerprint density at radius 2 is 2.05 bits per heavy atom. The zero-order chi connectivity index (χ0) is 15.2. The molecule has 0 spiro atoms. The van der Waals surface area contributed by atoms with Gasteiger partial charge in [0.2, 0.25) is 5.91 Å². The first-order valence-corrected chi connectivity index (χ1v) is 6.61. The van der Waals surface area contributed by atoms with Crippen molar-refractivity contribution in [3.05, 3.63) is 71.8 Å². The van der Waals surface area contributed by atoms with Gasteiger partial charge in [-0.15, -0.1) is 6.58 Å². The Morgan fingerprint density at radius 3 is 2.76 bits per heavy atom. The Labute approximate surface area is 124 Å². The highest BCUT2D eigenvalue weighted by molar-refractivity contribution is 5.92. The number of hydrogen-bond acceptors (Lipinski definition) is 3. The van der Waals surface area contributed by atoms with Gasteiger partial charge in [0.25, 0.3) is 0 Å². The fourth-order valence-electron chi connectivity index (χ4n) is 2.03. The third kappa shape index (κ3) is 3.86. The van der Waals surface area contributed by atoms with Gasteiger partial charge in [-0.3, -0.25) is 4.79 Å². The summed E-state index contributed by atoms with van der Waals surface area (Å²) in [5, 5.41) is 0. The van der Waals surface area contributed by atoms with E-state index in [1.165, 1.54) is 0 Å². The Hall–Kier alpha value is -2.75. The molecule has 0 saturated heterocycles. The van der Waals surface area contributed by atoms with Crippen LogP contribution in [0.1, 0.15) is 21.5 Å². The highest BCUT2D eigenvalue weighted by Gasteiger charge is 2.05. The minimum Gasteiger partial charge on any atom is -0.489 e. The number of benzene rings is 2. The Kier molecular flexibility index (Phi) is 4.61. The second-order valence-electron chi connectivity index (χ2n) is 4.71. The van der Waals surface area contributed by atoms with Crippen molar-refractivity contribution >= 4 is 11.6 Å². The van der Waals surface area contributed by atoms with Crippen molar-refractivity contribution in [3.63, 3.8) is 0 Å². The number of nitrogens with two attached hydrogens (primary N) is 2. The minimum atomic E-state index is -0.448. The van der Waals surface area contributed by atoms with Crippen LogP contribution >= 0.6 is 0 Å². The summed E-state index contributed by atoms with van der Waals surface area (Å²) in [5.41, 5.74) is 14.1. The second kappa shape index (κ2) is 6.61. The van der Waals surface area contributed by atoms with Crippen LogP contribution < -0.4 is 16.2 Å². The second-order valence-corrected chi connectivity index (χ2v) is 4.71. The van der Waals surface area contributed by atoms with Crippen LogP contribution in [0.5, 0.6) is 5.75 Å². The molecule has 0 heterocycles. The van der Waals surface area contributed by atoms with Crippen LogP contribution in [0.2, 0.25) is 0 Å². The van der Waals surface area contributed by atoms with Gasteiger partial charge in [0.05, 0.1) is 0 Å². The van der Waals surface area contributed by atoms with Gasteiger partial charge in [-0.25, -0.2) is 0 Å². The highest BCUT2D eigenvalue weighted by Crippen LogP contribution is 2.23. The summed E-state index contributed by atoms with van der Waals surface area (Å²) in [7, 11) is 0. The van der Waals surface area contributed by atoms with Crippen molar-refractivity contribution in [3.8, 4) is 5.75 Å². The molecule has 0 atom stereocenters. The summed E-state index contributed by atoms with van der Waals surface area (Å²) in [5.74, 6) is 0.310. The summed E-state index contributed by atoms with van der Waals surface area (Å²) in [4.78, 5) is 11.2. The number of anilines is 1. The molecule has 1 amide bonds. The molecule has 0 bridgehead atoms. The van der Waals surface area contributed by atoms with Crippen LogP contribution in [0.3, 0.4) is 0 Å². The summed E-state index contributed by atoms with van der Waals surface area (Å²) < 4.78 is 5.81. The normalized spacial score (nSPS) is 10.1. The van der Waals surface area contributed by atoms with Gasteiger partial charge >= 0.3 is 0 Å². The van der Waals surface area contributed by atoms with Crippen LogP contribution in [-0.4, -0.2) is 5.91 Å². The summed E-state index contributed by atoms with van der Waals surface area (Å²) >= 11 is 0. The quantitative estimate of drug-likeness (QED) is 0.631. The molecule has 4 heteroatoms. The van der Waals surface area contributed by atoms with E-state index in [0.29, 0.717) is 24.3 Å². The van der Waals surface area contributed by atoms with E-state index in [4.69, 9.17) is 16.2 Å². The highest BCUT2D eigenvalue weighted by atomic mass is 16.5. The molecule has 0 unspecified atom stereocenters. The Morgan fingerprint density at radius 1 is 1.24 bits per heavy atom. The molecule has 4 N–H and O–H groups in total. The topological polar surface area (TPSA) is 78.3 Å². The van der Waals surface area contributed by atoms with E-state index in [-0.39, 0.29) is 0 Å². The first kappa shape index (κ1) is 14.7. The smallest absolute Gasteiger partial charge is 0.248 e. The van der Waals surface area contributed by atoms with Crippen molar-refractivity contribution < 1.29 is 9.53 Å². The lowest BCUT2D eigenvalue weighted by atomic mass is 10.1. The lowest BCUT2D eigenvalue weighted by Gasteiger charge is -2.11. The van der Waals surface area contributed by atoms with Gasteiger partial charge in [-0.2, -0.15) is 0 Å². The average Bonchev–Trinajstić information content (AvgIpc) is 2.47. The van der Waals surface area contributed by atoms with Gasteiger partial charge in [0, 0.05) is 11.3 Å². The molecule has 108 valence electrons. The Bertz CT molecular complexity index is 666. The van der Waals surface area contributed by atoms with E-state index < -0.39 is 5.91 Å². The first-order chi connectivity index (χ1) is 10.1. The number of allylic oxidation sites excluding steroid dienone is 1. The SMILES string of the molecule is C=CCc1cc(N)ccc1OCc1cccc(C(N)=O)c1. The lowest BCUT2D eigenvalue weighted by Crippen LogP contribution is -2.11. The fourth-order valence-corrected chi connectivity index (χ4v) is 2.03. The van der Waals surface area contributed by atoms with Crippen LogP contribution in [-0.2, 0) is 13.0 Å². The van der Waals surface area contributed by atoms with Crippen LogP contribution in [0.25, 0.3) is 0 Å². The van der Waals surface area contributed by atoms with Crippen molar-refractivity contribution in [1.82, 2.24) is 0 Å². The third-order valence-corrected chi connectivity index (χ3v) is 3.05. The summed E-state index contributed by atoms with van der Waals surface area (Å²) in [6, 6.07) is 12.6. The predicted molar refractivity (Wildman–Crippen MR) is 84.0 cm³/mol. The Balaban J connectivity index is 2.14. The molecule has 0 aliphatic heterocycles. The maximum absolute atomic E-state index is 11.2. The fraction of sp³-hybridized carbons (Fsp3) is 0.118. The van der Waals surface area contributed by atoms with Crippen molar-refractivity contribution in [2.24, 2.45) is 5.73 Å². The first-order valence-electron chi connectivity index (χ1n) is 6.61. The standard InChI is InChI=1S/C17H18N2O2/c1-2-4-13-10-15(18)7-8-16(13)21-11-12-5-3-6-14(9-12)17(19)20/h2-3,5-10H,1,4,11,18H2,(H2,19,20). The number of hydrogen-bond donors (Lipinski definition) is 2. The van der Waals surface area contributed by atoms with Crippen LogP contribution in [0.4, 0.5) is 5.69 Å². The number of carbonyl (C=O) groups excluding carboxylic acids is 1. The van der Waals surface area contributed by atoms with Crippen LogP contribution in [0, 0.1) is 0 Å². The summed E-state index contributed by atoms with van der Waals surface area (Å²) in [6.45, 7) is 4.08. The number of ether oxygens (including phenoxy) is 1. The molecule has 0 aromatic heterocycles. The van der Waals surface area contributed by atoms with E-state index in [1.807, 2.05) is 18.2 Å². The monoisotopic (exact) mass is 282 g/mol. The maximum atomic E-state index is 11.2. The molecule has 21 heavy (non-hydrogen) atoms. The van der Waals surface area contributed by atoms with Crippen molar-refractivity contribution in [1.29, 1.82) is 0 Å². The lowest BCUT2D eigenvalue weighted by molar-refractivity contribution is 0.1000. The van der Waals surface area contributed by atoms with E-state index in [9.17, 15) is 4.79 Å². The number of amides is 1. The average molecular weight is 282 g/mol. The molecule has 2 aromatic rings. The number of carbonyl (C=O) groups is 1. The third-order valence-electron chi connectivity index (χ3n) is 3.05. The zero-order valence-electron chi connectivity index (χ0n) is 11.7. The maximum Gasteiger partial charge on any atom is 0.248 e. The molecule has 0 aliphatic carbocycles. The van der Waals surface area contributed by atoms with Crippen LogP contribution in [0.15, 0.2) is 55.1 Å². The van der Waals surface area contributed by atoms with E-state index in [1.54, 1.807) is 30.3 Å². The van der Waals surface area contributed by atoms with Gasteiger partial charge in [-0.1, -0.05) is 18.2 Å². The summed E-state index contributed by atoms with van der Waals surface area (Å²) in [6.07, 6.45) is 2.48. The van der Waals surface area contributed by atoms with Gasteiger partial charge in [0.1, 0.15) is 12.4 Å². The molecule has 4 nitrogen and oxygen atoms in total. The number of rotatable bonds is 6. The molecule has 2 rings (SSSR count). The molecule has 0 aliphatic rings. The molecule has 2 aromatic carbocycles. The molecule has 0 radical (unpaired) electrons. The van der Waals surface area contributed by atoms with E-state index >= 15 is 0 Å². The van der Waals surface area contributed by atoms with E-state index in [0.717, 1.165) is 16.9 Å². The molecule has 0 fully saturated rings. The van der Waals surface area contributed by atoms with Crippen molar-refractivity contribution in [2.45, 2.75) is 13.0 Å². The molecule has 0 saturated carbocycles. The molecular weight excluding hydrogens is 264 g/mol.